The Bertz CT molecular complexity index is 994. The number of benzene rings is 2. The first-order valence-electron chi connectivity index (χ1n) is 12.1. The average Bonchev–Trinajstić information content (AvgIpc) is 3.16. The number of carboxylic acid groups (broad SMARTS) is 1. The molecule has 2 aromatic carbocycles. The lowest BCUT2D eigenvalue weighted by atomic mass is 9.98. The van der Waals surface area contributed by atoms with Gasteiger partial charge in [-0.15, -0.1) is 0 Å². The minimum atomic E-state index is -1.48. The largest absolute Gasteiger partial charge is 0.479 e. The fourth-order valence-electron chi connectivity index (χ4n) is 4.40. The van der Waals surface area contributed by atoms with Crippen LogP contribution >= 0.6 is 0 Å². The molecule has 2 amide bonds. The van der Waals surface area contributed by atoms with Crippen molar-refractivity contribution in [2.45, 2.75) is 57.6 Å². The lowest BCUT2D eigenvalue weighted by Gasteiger charge is -2.18. The molecule has 0 aliphatic heterocycles. The highest BCUT2D eigenvalue weighted by Gasteiger charge is 2.29. The maximum Gasteiger partial charge on any atom is 0.407 e. The van der Waals surface area contributed by atoms with E-state index < -0.39 is 18.2 Å². The van der Waals surface area contributed by atoms with Gasteiger partial charge in [0.2, 0.25) is 5.91 Å². The molecule has 2 aromatic rings. The predicted octanol–water partition coefficient (Wildman–Crippen LogP) is 3.67. The molecule has 35 heavy (non-hydrogen) atoms. The highest BCUT2D eigenvalue weighted by molar-refractivity contribution is 5.79. The number of ether oxygens (including phenoxy) is 1. The molecular formula is C27H34N2O6. The molecule has 3 unspecified atom stereocenters. The Morgan fingerprint density at radius 2 is 1.54 bits per heavy atom. The molecule has 8 heteroatoms. The minimum absolute atomic E-state index is 0.0134. The standard InChI is InChI=1S/C27H34N2O6/c1-17(25(31)28-15-14-24(30)26(32)33)8-7-9-18(2)29-27(34)35-16-23-21-12-5-3-10-19(21)20-11-4-6-13-22(20)23/h3-6,10-13,17-18,23-24,30H,7-9,14-16H2,1-2H3,(H,28,31)(H,29,34)(H,32,33). The van der Waals surface area contributed by atoms with Crippen LogP contribution in [-0.2, 0) is 14.3 Å². The second-order valence-corrected chi connectivity index (χ2v) is 9.14. The second kappa shape index (κ2) is 12.4. The van der Waals surface area contributed by atoms with Crippen LogP contribution in [0.2, 0.25) is 0 Å². The molecule has 0 spiro atoms. The van der Waals surface area contributed by atoms with E-state index in [0.29, 0.717) is 12.8 Å². The van der Waals surface area contributed by atoms with Crippen molar-refractivity contribution in [1.82, 2.24) is 10.6 Å². The van der Waals surface area contributed by atoms with E-state index in [9.17, 15) is 19.5 Å². The van der Waals surface area contributed by atoms with Crippen LogP contribution in [-0.4, -0.2) is 53.5 Å². The number of alkyl carbamates (subject to hydrolysis) is 1. The minimum Gasteiger partial charge on any atom is -0.479 e. The number of nitrogens with one attached hydrogen (secondary N) is 2. The molecular weight excluding hydrogens is 448 g/mol. The third kappa shape index (κ3) is 7.05. The van der Waals surface area contributed by atoms with Crippen LogP contribution in [0.15, 0.2) is 48.5 Å². The Balaban J connectivity index is 1.37. The summed E-state index contributed by atoms with van der Waals surface area (Å²) in [5.41, 5.74) is 4.70. The van der Waals surface area contributed by atoms with E-state index in [1.54, 1.807) is 6.92 Å². The summed E-state index contributed by atoms with van der Waals surface area (Å²) in [4.78, 5) is 35.1. The Kier molecular flexibility index (Phi) is 9.25. The number of aliphatic carboxylic acids is 1. The fraction of sp³-hybridized carbons (Fsp3) is 0.444. The molecule has 0 radical (unpaired) electrons. The molecule has 1 aliphatic rings. The first-order valence-corrected chi connectivity index (χ1v) is 12.1. The molecule has 3 atom stereocenters. The van der Waals surface area contributed by atoms with E-state index in [-0.39, 0.29) is 43.4 Å². The van der Waals surface area contributed by atoms with E-state index in [0.717, 1.165) is 6.42 Å². The van der Waals surface area contributed by atoms with Crippen molar-refractivity contribution in [3.05, 3.63) is 59.7 Å². The highest BCUT2D eigenvalue weighted by atomic mass is 16.5. The number of rotatable bonds is 12. The van der Waals surface area contributed by atoms with Gasteiger partial charge in [-0.3, -0.25) is 4.79 Å². The van der Waals surface area contributed by atoms with Crippen LogP contribution in [0.3, 0.4) is 0 Å². The number of carbonyl (C=O) groups is 3. The van der Waals surface area contributed by atoms with Gasteiger partial charge in [-0.1, -0.05) is 61.9 Å². The normalized spacial score (nSPS) is 14.8. The van der Waals surface area contributed by atoms with Crippen molar-refractivity contribution < 1.29 is 29.3 Å². The Labute approximate surface area is 205 Å². The number of hydrogen-bond donors (Lipinski definition) is 4. The van der Waals surface area contributed by atoms with E-state index in [1.165, 1.54) is 22.3 Å². The number of carbonyl (C=O) groups excluding carboxylic acids is 2. The zero-order chi connectivity index (χ0) is 25.4. The van der Waals surface area contributed by atoms with E-state index in [2.05, 4.69) is 34.9 Å². The average molecular weight is 483 g/mol. The molecule has 0 aromatic heterocycles. The summed E-state index contributed by atoms with van der Waals surface area (Å²) < 4.78 is 5.58. The van der Waals surface area contributed by atoms with Crippen molar-refractivity contribution in [2.24, 2.45) is 5.92 Å². The predicted molar refractivity (Wildman–Crippen MR) is 132 cm³/mol. The Morgan fingerprint density at radius 3 is 2.14 bits per heavy atom. The topological polar surface area (TPSA) is 125 Å². The lowest BCUT2D eigenvalue weighted by Crippen LogP contribution is -2.35. The van der Waals surface area contributed by atoms with Crippen LogP contribution < -0.4 is 10.6 Å². The third-order valence-corrected chi connectivity index (χ3v) is 6.43. The highest BCUT2D eigenvalue weighted by Crippen LogP contribution is 2.44. The summed E-state index contributed by atoms with van der Waals surface area (Å²) in [5, 5.41) is 23.4. The van der Waals surface area contributed by atoms with Gasteiger partial charge in [-0.25, -0.2) is 9.59 Å². The number of aliphatic hydroxyl groups excluding tert-OH is 1. The molecule has 0 bridgehead atoms. The summed E-state index contributed by atoms with van der Waals surface area (Å²) in [5.74, 6) is -1.72. The maximum atomic E-state index is 12.4. The molecule has 1 aliphatic carbocycles. The van der Waals surface area contributed by atoms with Crippen LogP contribution in [0, 0.1) is 5.92 Å². The van der Waals surface area contributed by atoms with Crippen LogP contribution in [0.25, 0.3) is 11.1 Å². The van der Waals surface area contributed by atoms with Gasteiger partial charge in [0.1, 0.15) is 6.61 Å². The first kappa shape index (κ1) is 26.2. The maximum absolute atomic E-state index is 12.4. The number of hydrogen-bond acceptors (Lipinski definition) is 5. The quantitative estimate of drug-likeness (QED) is 0.366. The SMILES string of the molecule is CC(CCCC(C)C(=O)NCCC(O)C(=O)O)NC(=O)OCC1c2ccccc2-c2ccccc21. The zero-order valence-electron chi connectivity index (χ0n) is 20.2. The van der Waals surface area contributed by atoms with Crippen LogP contribution in [0.1, 0.15) is 56.6 Å². The lowest BCUT2D eigenvalue weighted by molar-refractivity contribution is -0.147. The summed E-state index contributed by atoms with van der Waals surface area (Å²) in [6.07, 6.45) is 0.0906. The van der Waals surface area contributed by atoms with Crippen molar-refractivity contribution in [2.75, 3.05) is 13.2 Å². The van der Waals surface area contributed by atoms with Crippen molar-refractivity contribution in [1.29, 1.82) is 0 Å². The molecule has 8 nitrogen and oxygen atoms in total. The summed E-state index contributed by atoms with van der Waals surface area (Å²) >= 11 is 0. The molecule has 0 saturated heterocycles. The van der Waals surface area contributed by atoms with Crippen molar-refractivity contribution in [3.8, 4) is 11.1 Å². The number of carboxylic acids is 1. The van der Waals surface area contributed by atoms with Gasteiger partial charge in [0, 0.05) is 30.8 Å². The monoisotopic (exact) mass is 482 g/mol. The van der Waals surface area contributed by atoms with Gasteiger partial charge in [0.15, 0.2) is 6.10 Å². The van der Waals surface area contributed by atoms with E-state index in [1.807, 2.05) is 31.2 Å². The molecule has 0 heterocycles. The Hall–Kier alpha value is -3.39. The Morgan fingerprint density at radius 1 is 0.943 bits per heavy atom. The van der Waals surface area contributed by atoms with Gasteiger partial charge >= 0.3 is 12.1 Å². The first-order chi connectivity index (χ1) is 16.8. The van der Waals surface area contributed by atoms with Crippen molar-refractivity contribution >= 4 is 18.0 Å². The summed E-state index contributed by atoms with van der Waals surface area (Å²) in [7, 11) is 0. The smallest absolute Gasteiger partial charge is 0.407 e. The van der Waals surface area contributed by atoms with E-state index in [4.69, 9.17) is 9.84 Å². The third-order valence-electron chi connectivity index (χ3n) is 6.43. The molecule has 0 saturated carbocycles. The van der Waals surface area contributed by atoms with Gasteiger partial charge < -0.3 is 25.6 Å². The van der Waals surface area contributed by atoms with Gasteiger partial charge in [-0.2, -0.15) is 0 Å². The number of aliphatic hydroxyl groups is 1. The second-order valence-electron chi connectivity index (χ2n) is 9.14. The fourth-order valence-corrected chi connectivity index (χ4v) is 4.40. The molecule has 188 valence electrons. The summed E-state index contributed by atoms with van der Waals surface area (Å²) in [6, 6.07) is 16.3. The van der Waals surface area contributed by atoms with Gasteiger partial charge in [0.05, 0.1) is 0 Å². The molecule has 3 rings (SSSR count). The molecule has 4 N–H and O–H groups in total. The molecule has 0 fully saturated rings. The van der Waals surface area contributed by atoms with E-state index >= 15 is 0 Å². The van der Waals surface area contributed by atoms with Crippen LogP contribution in [0.5, 0.6) is 0 Å². The van der Waals surface area contributed by atoms with Crippen molar-refractivity contribution in [3.63, 3.8) is 0 Å². The van der Waals surface area contributed by atoms with Gasteiger partial charge in [0.25, 0.3) is 0 Å². The van der Waals surface area contributed by atoms with Gasteiger partial charge in [-0.05, 0) is 42.0 Å². The van der Waals surface area contributed by atoms with Crippen LogP contribution in [0.4, 0.5) is 4.79 Å². The zero-order valence-corrected chi connectivity index (χ0v) is 20.2. The number of amides is 2. The summed E-state index contributed by atoms with van der Waals surface area (Å²) in [6.45, 7) is 4.07. The number of fused-ring (bicyclic) bond motifs is 3.